The zero-order valence-corrected chi connectivity index (χ0v) is 19.7. The summed E-state index contributed by atoms with van der Waals surface area (Å²) in [6, 6.07) is 13.0. The van der Waals surface area contributed by atoms with E-state index in [0.29, 0.717) is 24.1 Å². The third kappa shape index (κ3) is 8.85. The molecule has 2 aromatic rings. The van der Waals surface area contributed by atoms with Gasteiger partial charge in [-0.15, -0.1) is 0 Å². The topological polar surface area (TPSA) is 46.6 Å². The number of ether oxygens (including phenoxy) is 1. The molecule has 0 aliphatic carbocycles. The lowest BCUT2D eigenvalue weighted by atomic mass is 9.84. The Morgan fingerprint density at radius 2 is 1.64 bits per heavy atom. The number of halogens is 1. The first-order valence-corrected chi connectivity index (χ1v) is 11.5. The quantitative estimate of drug-likeness (QED) is 0.183. The van der Waals surface area contributed by atoms with Crippen LogP contribution < -0.4 is 0 Å². The smallest absolute Gasteiger partial charge is 0.306 e. The average molecular weight is 515 g/mol. The molecule has 4 nitrogen and oxygen atoms in total. The normalized spacial score (nSPS) is 26.9. The molecule has 36 heavy (non-hydrogen) atoms. The number of nitrogens with zero attached hydrogens (tertiary/aromatic N) is 1. The summed E-state index contributed by atoms with van der Waals surface area (Å²) in [6.45, 7) is -3.11. The summed E-state index contributed by atoms with van der Waals surface area (Å²) >= 11 is 0. The summed E-state index contributed by atoms with van der Waals surface area (Å²) in [5.74, 6) is -2.72. The summed E-state index contributed by atoms with van der Waals surface area (Å²) < 4.78 is 173. The van der Waals surface area contributed by atoms with Gasteiger partial charge in [-0.2, -0.15) is 0 Å². The van der Waals surface area contributed by atoms with Crippen molar-refractivity contribution in [3.8, 4) is 0 Å². The van der Waals surface area contributed by atoms with E-state index in [4.69, 9.17) is 30.8 Å². The van der Waals surface area contributed by atoms with Crippen LogP contribution in [0.25, 0.3) is 0 Å². The van der Waals surface area contributed by atoms with Gasteiger partial charge in [0.1, 0.15) is 11.4 Å². The Morgan fingerprint density at radius 1 is 0.972 bits per heavy atom. The lowest BCUT2D eigenvalue weighted by Crippen LogP contribution is -2.45. The molecule has 1 saturated heterocycles. The number of likely N-dealkylation sites (tertiary alicyclic amines) is 1. The molecule has 196 valence electrons. The van der Waals surface area contributed by atoms with Gasteiger partial charge >= 0.3 is 5.97 Å². The molecule has 2 aromatic carbocycles. The minimum atomic E-state index is -4.64. The standard InChI is InChI=1S/C31H42FNO3/c1-2-3-4-5-6-7-11-16-30(35)36-31(27-13-9-8-10-14-27)21-24-33(25-22-31)23-12-15-29(34)26-17-19-28(32)20-18-26/h8-10,13-14,17-20H,2-7,11-12,15-16,21-25H2,1H3/i1D3,2D2,3D2,4D2,5D2,6D2,7D2,11D2,16D2. The fourth-order valence-electron chi connectivity index (χ4n) is 4.01. The number of hydrogen-bond donors (Lipinski definition) is 0. The highest BCUT2D eigenvalue weighted by Gasteiger charge is 2.39. The minimum absolute atomic E-state index is 0.00914. The first-order valence-electron chi connectivity index (χ1n) is 21.0. The highest BCUT2D eigenvalue weighted by Crippen LogP contribution is 2.37. The molecule has 0 amide bonds. The van der Waals surface area contributed by atoms with E-state index in [-0.39, 0.29) is 38.1 Å². The van der Waals surface area contributed by atoms with Crippen molar-refractivity contribution in [2.45, 2.75) is 89.1 Å². The fourth-order valence-corrected chi connectivity index (χ4v) is 4.01. The number of Topliss-reactive ketones (excluding diaryl/α,β-unsaturated/α-hetero) is 1. The van der Waals surface area contributed by atoms with E-state index in [0.717, 1.165) is 0 Å². The van der Waals surface area contributed by atoms with Gasteiger partial charge < -0.3 is 9.64 Å². The van der Waals surface area contributed by atoms with Crippen LogP contribution in [0.3, 0.4) is 0 Å². The van der Waals surface area contributed by atoms with Gasteiger partial charge in [0.2, 0.25) is 0 Å². The third-order valence-electron chi connectivity index (χ3n) is 5.84. The number of hydrogen-bond acceptors (Lipinski definition) is 4. The van der Waals surface area contributed by atoms with E-state index < -0.39 is 75.2 Å². The molecular formula is C31H42FNO3. The number of carbonyl (C=O) groups excluding carboxylic acids is 2. The van der Waals surface area contributed by atoms with Gasteiger partial charge in [0.05, 0.1) is 0 Å². The van der Waals surface area contributed by atoms with E-state index >= 15 is 0 Å². The molecule has 0 aromatic heterocycles. The maximum absolute atomic E-state index is 13.7. The SMILES string of the molecule is [2H]C([2H])([2H])C([2H])([2H])C([2H])([2H])C([2H])([2H])C([2H])([2H])C([2H])([2H])C([2H])([2H])C([2H])([2H])C([2H])([2H])C(=O)OC1(c2ccccc2)CCN(CCCC(=O)c2ccc(F)cc2)CC1. The number of benzene rings is 2. The van der Waals surface area contributed by atoms with Crippen LogP contribution in [0.1, 0.15) is 125 Å². The Balaban J connectivity index is 1.89. The van der Waals surface area contributed by atoms with Gasteiger partial charge in [0, 0.05) is 70.3 Å². The second-order valence-corrected chi connectivity index (χ2v) is 8.13. The van der Waals surface area contributed by atoms with Gasteiger partial charge in [-0.3, -0.25) is 9.59 Å². The lowest BCUT2D eigenvalue weighted by Gasteiger charge is -2.41. The van der Waals surface area contributed by atoms with E-state index in [1.165, 1.54) is 24.3 Å². The maximum Gasteiger partial charge on any atom is 0.306 e. The highest BCUT2D eigenvalue weighted by molar-refractivity contribution is 5.95. The van der Waals surface area contributed by atoms with Crippen LogP contribution in [-0.4, -0.2) is 36.3 Å². The highest BCUT2D eigenvalue weighted by atomic mass is 19.1. The molecular weight excluding hydrogens is 453 g/mol. The van der Waals surface area contributed by atoms with E-state index in [9.17, 15) is 14.0 Å². The molecule has 0 N–H and O–H groups in total. The van der Waals surface area contributed by atoms with Gasteiger partial charge in [-0.05, 0) is 49.2 Å². The molecule has 0 saturated carbocycles. The van der Waals surface area contributed by atoms with Gasteiger partial charge in [0.15, 0.2) is 5.78 Å². The van der Waals surface area contributed by atoms with Crippen molar-refractivity contribution in [1.82, 2.24) is 4.90 Å². The lowest BCUT2D eigenvalue weighted by molar-refractivity contribution is -0.167. The summed E-state index contributed by atoms with van der Waals surface area (Å²) in [7, 11) is 0. The molecule has 1 heterocycles. The molecule has 5 heteroatoms. The van der Waals surface area contributed by atoms with Crippen molar-refractivity contribution >= 4 is 11.8 Å². The molecule has 0 unspecified atom stereocenters. The van der Waals surface area contributed by atoms with Crippen molar-refractivity contribution in [2.24, 2.45) is 0 Å². The number of rotatable bonds is 15. The predicted molar refractivity (Wildman–Crippen MR) is 142 cm³/mol. The molecule has 1 aliphatic heterocycles. The summed E-state index contributed by atoms with van der Waals surface area (Å²) in [5.41, 5.74) is -0.954. The van der Waals surface area contributed by atoms with Crippen LogP contribution >= 0.6 is 0 Å². The molecule has 0 bridgehead atoms. The number of piperidine rings is 1. The Kier molecular flexibility index (Phi) is 4.92. The Hall–Kier alpha value is -2.53. The molecule has 0 atom stereocenters. The van der Waals surface area contributed by atoms with Crippen LogP contribution in [0.15, 0.2) is 54.6 Å². The van der Waals surface area contributed by atoms with Crippen molar-refractivity contribution in [3.05, 3.63) is 71.5 Å². The molecule has 0 radical (unpaired) electrons. The van der Waals surface area contributed by atoms with Gasteiger partial charge in [0.25, 0.3) is 0 Å². The zero-order chi connectivity index (χ0) is 42.5. The average Bonchev–Trinajstić information content (AvgIpc) is 3.08. The first-order chi connectivity index (χ1) is 24.7. The number of esters is 1. The van der Waals surface area contributed by atoms with Crippen LogP contribution in [0.4, 0.5) is 4.39 Å². The van der Waals surface area contributed by atoms with Crippen LogP contribution in [-0.2, 0) is 15.1 Å². The molecule has 1 fully saturated rings. The van der Waals surface area contributed by atoms with Crippen molar-refractivity contribution in [3.63, 3.8) is 0 Å². The van der Waals surface area contributed by atoms with E-state index in [1.807, 2.05) is 4.90 Å². The number of ketones is 1. The molecule has 3 rings (SSSR count). The Morgan fingerprint density at radius 3 is 2.33 bits per heavy atom. The Labute approximate surface area is 242 Å². The maximum atomic E-state index is 13.7. The van der Waals surface area contributed by atoms with Crippen LogP contribution in [0, 0.1) is 5.82 Å². The number of carbonyl (C=O) groups is 2. The minimum Gasteiger partial charge on any atom is -0.454 e. The summed E-state index contributed by atoms with van der Waals surface area (Å²) in [5, 5.41) is 0. The van der Waals surface area contributed by atoms with Crippen molar-refractivity contribution in [1.29, 1.82) is 0 Å². The van der Waals surface area contributed by atoms with Crippen LogP contribution in [0.2, 0.25) is 0 Å². The summed E-state index contributed by atoms with van der Waals surface area (Å²) in [4.78, 5) is 28.2. The van der Waals surface area contributed by atoms with E-state index in [2.05, 4.69) is 0 Å². The van der Waals surface area contributed by atoms with Crippen molar-refractivity contribution in [2.75, 3.05) is 19.6 Å². The monoisotopic (exact) mass is 514 g/mol. The summed E-state index contributed by atoms with van der Waals surface area (Å²) in [6.07, 6.45) is -35.1. The van der Waals surface area contributed by atoms with Crippen molar-refractivity contribution < 1.29 is 44.8 Å². The second-order valence-electron chi connectivity index (χ2n) is 8.13. The predicted octanol–water partition coefficient (Wildman–Crippen LogP) is 7.46. The zero-order valence-electron chi connectivity index (χ0n) is 38.7. The van der Waals surface area contributed by atoms with Crippen LogP contribution in [0.5, 0.6) is 0 Å². The third-order valence-corrected chi connectivity index (χ3v) is 5.84. The first kappa shape index (κ1) is 11.9. The molecule has 0 spiro atoms. The largest absolute Gasteiger partial charge is 0.454 e. The van der Waals surface area contributed by atoms with Gasteiger partial charge in [-0.25, -0.2) is 4.39 Å². The molecule has 1 aliphatic rings. The van der Waals surface area contributed by atoms with Gasteiger partial charge in [-0.1, -0.05) is 75.4 Å². The fraction of sp³-hybridized carbons (Fsp3) is 0.548. The van der Waals surface area contributed by atoms with E-state index in [1.54, 1.807) is 30.3 Å². The Bertz CT molecular complexity index is 1670. The second kappa shape index (κ2) is 14.9.